The number of aliphatic hydroxyl groups excluding tert-OH is 4. The summed E-state index contributed by atoms with van der Waals surface area (Å²) in [5.74, 6) is -4.37. The Labute approximate surface area is 325 Å². The fourth-order valence-electron chi connectivity index (χ4n) is 6.91. The lowest BCUT2D eigenvalue weighted by Crippen LogP contribution is -2.59. The SMILES string of the molecule is COc1cc(C2=C(O[C@@H]3O[C@H](CO)[C@@H](O)[C@H](O)[C@H]3O)c3cc(-c4c(O)cc(O)c5cc(O)c(-c6ccc(O)c(O)c6)[o+]c45)[o+]c4cc(O)cc(c34)O2)cc(OC)c1O. The Morgan fingerprint density at radius 2 is 1.41 bits per heavy atom. The predicted molar refractivity (Wildman–Crippen MR) is 199 cm³/mol. The maximum absolute atomic E-state index is 11.4. The molecule has 0 radical (unpaired) electrons. The molecule has 2 aliphatic rings. The van der Waals surface area contributed by atoms with E-state index in [1.54, 1.807) is 0 Å². The first-order chi connectivity index (χ1) is 27.7. The largest absolute Gasteiger partial charge is 0.507 e. The van der Waals surface area contributed by atoms with Crippen LogP contribution in [0.2, 0.25) is 0 Å². The second kappa shape index (κ2) is 14.2. The zero-order chi connectivity index (χ0) is 41.3. The van der Waals surface area contributed by atoms with Gasteiger partial charge in [0.25, 0.3) is 0 Å². The first-order valence-electron chi connectivity index (χ1n) is 17.3. The summed E-state index contributed by atoms with van der Waals surface area (Å²) in [6, 6.07) is 12.2. The number of aromatic hydroxyl groups is 7. The van der Waals surface area contributed by atoms with Gasteiger partial charge in [-0.05, 0) is 24.3 Å². The highest BCUT2D eigenvalue weighted by Crippen LogP contribution is 2.52. The van der Waals surface area contributed by atoms with Crippen LogP contribution in [0, 0.1) is 0 Å². The number of phenols is 6. The van der Waals surface area contributed by atoms with Gasteiger partial charge in [-0.15, -0.1) is 0 Å². The number of rotatable bonds is 8. The van der Waals surface area contributed by atoms with Crippen LogP contribution in [-0.4, -0.2) is 108 Å². The molecule has 6 aromatic rings. The molecule has 18 heteroatoms. The van der Waals surface area contributed by atoms with Crippen LogP contribution < -0.4 is 14.2 Å². The number of benzene rings is 4. The van der Waals surface area contributed by atoms with E-state index in [0.29, 0.717) is 0 Å². The van der Waals surface area contributed by atoms with Crippen molar-refractivity contribution in [1.29, 1.82) is 0 Å². The van der Waals surface area contributed by atoms with Gasteiger partial charge in [0.2, 0.25) is 23.4 Å². The van der Waals surface area contributed by atoms with Gasteiger partial charge in [-0.1, -0.05) is 0 Å². The minimum Gasteiger partial charge on any atom is -0.507 e. The van der Waals surface area contributed by atoms with Crippen molar-refractivity contribution >= 4 is 33.5 Å². The fourth-order valence-corrected chi connectivity index (χ4v) is 6.91. The summed E-state index contributed by atoms with van der Waals surface area (Å²) in [6.07, 6.45) is -8.67. The van der Waals surface area contributed by atoms with Crippen molar-refractivity contribution in [2.24, 2.45) is 0 Å². The number of fused-ring (bicyclic) bond motifs is 1. The smallest absolute Gasteiger partial charge is 0.402 e. The van der Waals surface area contributed by atoms with Gasteiger partial charge in [0.15, 0.2) is 34.5 Å². The lowest BCUT2D eigenvalue weighted by molar-refractivity contribution is -0.284. The van der Waals surface area contributed by atoms with Crippen LogP contribution in [0.4, 0.5) is 0 Å². The molecule has 18 nitrogen and oxygen atoms in total. The molecule has 0 unspecified atom stereocenters. The van der Waals surface area contributed by atoms with Crippen LogP contribution >= 0.6 is 0 Å². The van der Waals surface area contributed by atoms with Gasteiger partial charge in [0, 0.05) is 29.8 Å². The van der Waals surface area contributed by atoms with Crippen molar-refractivity contribution in [3.05, 3.63) is 71.8 Å². The first kappa shape index (κ1) is 37.9. The number of aliphatic hydroxyl groups is 4. The van der Waals surface area contributed by atoms with E-state index in [1.165, 1.54) is 50.6 Å². The molecule has 8 rings (SSSR count). The quantitative estimate of drug-likeness (QED) is 0.0764. The molecular formula is C40H34O18+2. The summed E-state index contributed by atoms with van der Waals surface area (Å²) in [5, 5.41) is 117. The zero-order valence-electron chi connectivity index (χ0n) is 30.1. The van der Waals surface area contributed by atoms with Crippen molar-refractivity contribution in [1.82, 2.24) is 0 Å². The van der Waals surface area contributed by atoms with Gasteiger partial charge in [0.1, 0.15) is 58.2 Å². The maximum atomic E-state index is 11.4. The number of hydrogen-bond donors (Lipinski definition) is 11. The zero-order valence-corrected chi connectivity index (χ0v) is 30.1. The topological polar surface area (TPSA) is 291 Å². The van der Waals surface area contributed by atoms with Crippen molar-refractivity contribution in [3.63, 3.8) is 0 Å². The highest BCUT2D eigenvalue weighted by atomic mass is 16.7. The molecule has 0 aliphatic carbocycles. The Kier molecular flexibility index (Phi) is 9.29. The number of phenolic OH excluding ortho intramolecular Hbond substituents is 6. The van der Waals surface area contributed by atoms with Gasteiger partial charge < -0.3 is 79.9 Å². The summed E-state index contributed by atoms with van der Waals surface area (Å²) in [7, 11) is 2.58. The average Bonchev–Trinajstić information content (AvgIpc) is 3.19. The predicted octanol–water partition coefficient (Wildman–Crippen LogP) is 4.07. The summed E-state index contributed by atoms with van der Waals surface area (Å²) >= 11 is 0. The number of hydrogen-bond acceptors (Lipinski definition) is 16. The standard InChI is InChI=1S/C40H32O18/c1-52-27-6-15(7-28(53-2)32(27)48)37-39(58-40-35(51)34(50)33(49)29(13-41)56-40)18-11-26(54-24-8-16(42)9-25(55-37)30(18)24)31-22(46)12-20(44)17-10-23(47)36(57-38(17)31)14-3-4-19(43)21(45)5-14/h3-12,29,33-35,40-41,49-51H,13H2,1-2H3,(H5-2,42,43,44,45,46,47,48)/p+2/t29-,33-,34+,35-,40+/m1/s1. The molecule has 300 valence electrons. The van der Waals surface area contributed by atoms with E-state index in [-0.39, 0.29) is 96.0 Å². The molecule has 4 heterocycles. The molecule has 1 fully saturated rings. The molecule has 0 saturated carbocycles. The minimum atomic E-state index is -1.91. The molecule has 4 aromatic carbocycles. The Morgan fingerprint density at radius 3 is 2.09 bits per heavy atom. The molecule has 5 atom stereocenters. The van der Waals surface area contributed by atoms with E-state index in [9.17, 15) is 56.2 Å². The van der Waals surface area contributed by atoms with Gasteiger partial charge in [-0.25, -0.2) is 8.83 Å². The monoisotopic (exact) mass is 802 g/mol. The van der Waals surface area contributed by atoms with Gasteiger partial charge in [-0.3, -0.25) is 0 Å². The molecular weight excluding hydrogens is 768 g/mol. The molecule has 1 saturated heterocycles. The third-order valence-electron chi connectivity index (χ3n) is 9.78. The third-order valence-corrected chi connectivity index (χ3v) is 9.78. The Morgan fingerprint density at radius 1 is 0.690 bits per heavy atom. The summed E-state index contributed by atoms with van der Waals surface area (Å²) < 4.78 is 41.4. The summed E-state index contributed by atoms with van der Waals surface area (Å²) in [4.78, 5) is 0. The highest BCUT2D eigenvalue weighted by Gasteiger charge is 2.47. The van der Waals surface area contributed by atoms with Crippen LogP contribution in [0.15, 0.2) is 69.5 Å². The van der Waals surface area contributed by atoms with Crippen LogP contribution in [0.25, 0.3) is 56.1 Å². The van der Waals surface area contributed by atoms with Crippen molar-refractivity contribution in [2.45, 2.75) is 30.7 Å². The van der Waals surface area contributed by atoms with Crippen LogP contribution in [0.1, 0.15) is 11.1 Å². The number of methoxy groups -OCH3 is 2. The first-order valence-corrected chi connectivity index (χ1v) is 17.3. The van der Waals surface area contributed by atoms with Crippen LogP contribution in [-0.2, 0) is 9.47 Å². The lowest BCUT2D eigenvalue weighted by Gasteiger charge is -2.40. The lowest BCUT2D eigenvalue weighted by atomic mass is 9.97. The fraction of sp³-hybridized carbons (Fsp3) is 0.200. The Bertz CT molecular complexity index is 2650. The normalized spacial score (nSPS) is 20.3. The molecule has 0 amide bonds. The number of ether oxygens (including phenoxy) is 5. The van der Waals surface area contributed by atoms with Crippen molar-refractivity contribution in [3.8, 4) is 80.1 Å². The minimum absolute atomic E-state index is 0.00807. The molecule has 11 N–H and O–H groups in total. The Balaban J connectivity index is 1.42. The molecule has 2 aliphatic heterocycles. The van der Waals surface area contributed by atoms with Crippen LogP contribution in [0.5, 0.6) is 57.5 Å². The van der Waals surface area contributed by atoms with Gasteiger partial charge in [0.05, 0.1) is 44.1 Å². The van der Waals surface area contributed by atoms with E-state index in [4.69, 9.17) is 32.5 Å². The van der Waals surface area contributed by atoms with Crippen LogP contribution in [0.3, 0.4) is 0 Å². The Hall–Kier alpha value is -6.96. The van der Waals surface area contributed by atoms with Crippen molar-refractivity contribution in [2.75, 3.05) is 20.8 Å². The molecule has 2 aromatic heterocycles. The average molecular weight is 803 g/mol. The van der Waals surface area contributed by atoms with E-state index in [0.717, 1.165) is 24.3 Å². The second-order valence-corrected chi connectivity index (χ2v) is 13.3. The van der Waals surface area contributed by atoms with E-state index in [1.807, 2.05) is 0 Å². The highest BCUT2D eigenvalue weighted by molar-refractivity contribution is 6.06. The van der Waals surface area contributed by atoms with Gasteiger partial charge in [-0.2, -0.15) is 0 Å². The summed E-state index contributed by atoms with van der Waals surface area (Å²) in [6.45, 7) is -0.779. The maximum Gasteiger partial charge on any atom is 0.402 e. The molecule has 0 bridgehead atoms. The molecule has 58 heavy (non-hydrogen) atoms. The second-order valence-electron chi connectivity index (χ2n) is 13.3. The van der Waals surface area contributed by atoms with Crippen molar-refractivity contribution < 1.29 is 88.7 Å². The van der Waals surface area contributed by atoms with E-state index < -0.39 is 66.1 Å². The van der Waals surface area contributed by atoms with E-state index >= 15 is 0 Å². The summed E-state index contributed by atoms with van der Waals surface area (Å²) in [5.41, 5.74) is -0.273. The van der Waals surface area contributed by atoms with E-state index in [2.05, 4.69) is 0 Å². The third kappa shape index (κ3) is 6.12. The van der Waals surface area contributed by atoms with Gasteiger partial charge >= 0.3 is 22.7 Å². The molecule has 0 spiro atoms.